The first-order valence-corrected chi connectivity index (χ1v) is 10.9. The molecule has 0 saturated carbocycles. The Morgan fingerprint density at radius 2 is 1.62 bits per heavy atom. The Morgan fingerprint density at radius 1 is 0.931 bits per heavy atom. The Hall–Kier alpha value is -2.71. The van der Waals surface area contributed by atoms with E-state index in [1.807, 2.05) is 31.2 Å². The van der Waals surface area contributed by atoms with Crippen molar-refractivity contribution in [2.75, 3.05) is 6.54 Å². The van der Waals surface area contributed by atoms with Crippen LogP contribution in [0.2, 0.25) is 0 Å². The summed E-state index contributed by atoms with van der Waals surface area (Å²) < 4.78 is 30.9. The molecule has 0 bridgehead atoms. The van der Waals surface area contributed by atoms with Crippen molar-refractivity contribution in [3.05, 3.63) is 74.3 Å². The predicted octanol–water partition coefficient (Wildman–Crippen LogP) is 2.07. The van der Waals surface area contributed by atoms with Crippen LogP contribution in [0, 0.1) is 6.92 Å². The average Bonchev–Trinajstić information content (AvgIpc) is 3.21. The summed E-state index contributed by atoms with van der Waals surface area (Å²) in [4.78, 5) is 24.3. The Balaban J connectivity index is 1.84. The van der Waals surface area contributed by atoms with Crippen LogP contribution in [0.1, 0.15) is 30.0 Å². The number of benzene rings is 2. The Labute approximate surface area is 168 Å². The molecule has 8 heteroatoms. The highest BCUT2D eigenvalue weighted by molar-refractivity contribution is 7.89. The fourth-order valence-electron chi connectivity index (χ4n) is 4.10. The summed E-state index contributed by atoms with van der Waals surface area (Å²) in [6, 6.07) is 12.3. The van der Waals surface area contributed by atoms with Crippen molar-refractivity contribution >= 4 is 21.1 Å². The molecule has 1 fully saturated rings. The van der Waals surface area contributed by atoms with Gasteiger partial charge in [0.05, 0.1) is 22.0 Å². The lowest BCUT2D eigenvalue weighted by atomic mass is 10.0. The van der Waals surface area contributed by atoms with E-state index in [9.17, 15) is 18.0 Å². The standard InChI is InChI=1S/C21H23N3O4S/c1-14-6-4-7-15(12-14)17-8-5-11-24(17)29(27,28)16-9-10-18-19(13-16)23(3)21(26)20(25)22(18)2/h4,6-7,9-10,12-13,17H,5,8,11H2,1-3H3/t17-/m0/s1. The number of aryl methyl sites for hydroxylation is 3. The molecule has 1 saturated heterocycles. The predicted molar refractivity (Wildman–Crippen MR) is 111 cm³/mol. The van der Waals surface area contributed by atoms with Gasteiger partial charge >= 0.3 is 11.1 Å². The van der Waals surface area contributed by atoms with E-state index >= 15 is 0 Å². The first-order chi connectivity index (χ1) is 13.7. The van der Waals surface area contributed by atoms with Crippen molar-refractivity contribution in [3.8, 4) is 0 Å². The molecule has 7 nitrogen and oxygen atoms in total. The summed E-state index contributed by atoms with van der Waals surface area (Å²) >= 11 is 0. The number of aromatic nitrogens is 2. The topological polar surface area (TPSA) is 81.4 Å². The summed E-state index contributed by atoms with van der Waals surface area (Å²) in [5.74, 6) is 0. The van der Waals surface area contributed by atoms with Crippen LogP contribution < -0.4 is 11.1 Å². The second-order valence-electron chi connectivity index (χ2n) is 7.57. The molecule has 152 valence electrons. The fraction of sp³-hybridized carbons (Fsp3) is 0.333. The van der Waals surface area contributed by atoms with Crippen molar-refractivity contribution in [2.24, 2.45) is 14.1 Å². The van der Waals surface area contributed by atoms with Crippen LogP contribution in [-0.2, 0) is 24.1 Å². The fourth-order valence-corrected chi connectivity index (χ4v) is 5.80. The van der Waals surface area contributed by atoms with E-state index in [-0.39, 0.29) is 10.9 Å². The largest absolute Gasteiger partial charge is 0.316 e. The smallest absolute Gasteiger partial charge is 0.305 e. The Bertz CT molecular complexity index is 1340. The first kappa shape index (κ1) is 19.6. The normalized spacial score (nSPS) is 17.8. The molecule has 1 atom stereocenters. The van der Waals surface area contributed by atoms with Crippen LogP contribution in [0.4, 0.5) is 0 Å². The SMILES string of the molecule is Cc1cccc([C@@H]2CCCN2S(=O)(=O)c2ccc3c(c2)n(C)c(=O)c(=O)n3C)c1. The van der Waals surface area contributed by atoms with E-state index in [0.29, 0.717) is 17.6 Å². The minimum absolute atomic E-state index is 0.123. The monoisotopic (exact) mass is 413 g/mol. The summed E-state index contributed by atoms with van der Waals surface area (Å²) in [6.07, 6.45) is 1.56. The zero-order valence-electron chi connectivity index (χ0n) is 16.6. The zero-order valence-corrected chi connectivity index (χ0v) is 17.4. The van der Waals surface area contributed by atoms with E-state index in [2.05, 4.69) is 0 Å². The number of fused-ring (bicyclic) bond motifs is 1. The molecule has 1 aromatic heterocycles. The van der Waals surface area contributed by atoms with Gasteiger partial charge in [-0.2, -0.15) is 4.31 Å². The molecule has 29 heavy (non-hydrogen) atoms. The molecule has 0 radical (unpaired) electrons. The average molecular weight is 413 g/mol. The van der Waals surface area contributed by atoms with Gasteiger partial charge in [0.15, 0.2) is 0 Å². The molecule has 0 spiro atoms. The van der Waals surface area contributed by atoms with Gasteiger partial charge in [-0.05, 0) is 43.5 Å². The van der Waals surface area contributed by atoms with Crippen molar-refractivity contribution in [1.82, 2.24) is 13.4 Å². The van der Waals surface area contributed by atoms with Crippen LogP contribution in [0.15, 0.2) is 56.9 Å². The maximum Gasteiger partial charge on any atom is 0.316 e. The molecule has 0 unspecified atom stereocenters. The van der Waals surface area contributed by atoms with Gasteiger partial charge < -0.3 is 9.13 Å². The highest BCUT2D eigenvalue weighted by Crippen LogP contribution is 2.37. The van der Waals surface area contributed by atoms with Gasteiger partial charge in [-0.25, -0.2) is 8.42 Å². The third kappa shape index (κ3) is 3.12. The van der Waals surface area contributed by atoms with E-state index in [1.54, 1.807) is 10.4 Å². The molecule has 2 heterocycles. The van der Waals surface area contributed by atoms with Gasteiger partial charge in [0.25, 0.3) is 0 Å². The quantitative estimate of drug-likeness (QED) is 0.616. The maximum atomic E-state index is 13.5. The molecular weight excluding hydrogens is 390 g/mol. The molecule has 2 aromatic carbocycles. The number of rotatable bonds is 3. The van der Waals surface area contributed by atoms with E-state index in [0.717, 1.165) is 24.0 Å². The number of nitrogens with zero attached hydrogens (tertiary/aromatic N) is 3. The Morgan fingerprint density at radius 3 is 2.31 bits per heavy atom. The van der Waals surface area contributed by atoms with E-state index < -0.39 is 21.1 Å². The van der Waals surface area contributed by atoms with E-state index in [4.69, 9.17) is 0 Å². The van der Waals surface area contributed by atoms with Crippen LogP contribution in [0.3, 0.4) is 0 Å². The molecule has 3 aromatic rings. The van der Waals surface area contributed by atoms with Gasteiger partial charge in [0.2, 0.25) is 10.0 Å². The van der Waals surface area contributed by atoms with Crippen molar-refractivity contribution in [3.63, 3.8) is 0 Å². The molecular formula is C21H23N3O4S. The van der Waals surface area contributed by atoms with Gasteiger partial charge in [0.1, 0.15) is 0 Å². The lowest BCUT2D eigenvalue weighted by Gasteiger charge is -2.25. The number of hydrogen-bond donors (Lipinski definition) is 0. The Kier molecular flexibility index (Phi) is 4.71. The highest BCUT2D eigenvalue weighted by Gasteiger charge is 2.36. The maximum absolute atomic E-state index is 13.5. The zero-order chi connectivity index (χ0) is 20.9. The van der Waals surface area contributed by atoms with Gasteiger partial charge in [-0.3, -0.25) is 9.59 Å². The molecule has 0 amide bonds. The molecule has 0 aliphatic carbocycles. The first-order valence-electron chi connectivity index (χ1n) is 9.50. The number of hydrogen-bond acceptors (Lipinski definition) is 4. The summed E-state index contributed by atoms with van der Waals surface area (Å²) in [7, 11) is -0.774. The van der Waals surface area contributed by atoms with Crippen molar-refractivity contribution in [2.45, 2.75) is 30.7 Å². The lowest BCUT2D eigenvalue weighted by Crippen LogP contribution is -2.39. The van der Waals surface area contributed by atoms with E-state index in [1.165, 1.54) is 35.4 Å². The third-order valence-corrected chi connectivity index (χ3v) is 7.60. The van der Waals surface area contributed by atoms with Gasteiger partial charge in [-0.15, -0.1) is 0 Å². The van der Waals surface area contributed by atoms with Crippen molar-refractivity contribution < 1.29 is 8.42 Å². The summed E-state index contributed by atoms with van der Waals surface area (Å²) in [5.41, 5.74) is 1.66. The molecule has 4 rings (SSSR count). The van der Waals surface area contributed by atoms with Crippen LogP contribution in [0.5, 0.6) is 0 Å². The minimum atomic E-state index is -3.76. The van der Waals surface area contributed by atoms with Crippen molar-refractivity contribution in [1.29, 1.82) is 0 Å². The second-order valence-corrected chi connectivity index (χ2v) is 9.46. The van der Waals surface area contributed by atoms with Gasteiger partial charge in [-0.1, -0.05) is 29.8 Å². The molecule has 1 aliphatic heterocycles. The highest BCUT2D eigenvalue weighted by atomic mass is 32.2. The summed E-state index contributed by atoms with van der Waals surface area (Å²) in [6.45, 7) is 2.44. The third-order valence-electron chi connectivity index (χ3n) is 5.70. The lowest BCUT2D eigenvalue weighted by molar-refractivity contribution is 0.396. The second kappa shape index (κ2) is 6.96. The van der Waals surface area contributed by atoms with Crippen LogP contribution in [0.25, 0.3) is 11.0 Å². The molecule has 1 aliphatic rings. The minimum Gasteiger partial charge on any atom is -0.305 e. The molecule has 0 N–H and O–H groups in total. The van der Waals surface area contributed by atoms with Gasteiger partial charge in [0, 0.05) is 20.6 Å². The summed E-state index contributed by atoms with van der Waals surface area (Å²) in [5, 5.41) is 0. The number of sulfonamides is 1. The van der Waals surface area contributed by atoms with Crippen LogP contribution in [-0.4, -0.2) is 28.4 Å². The van der Waals surface area contributed by atoms with Crippen LogP contribution >= 0.6 is 0 Å².